The van der Waals surface area contributed by atoms with Crippen molar-refractivity contribution in [3.05, 3.63) is 66.4 Å². The summed E-state index contributed by atoms with van der Waals surface area (Å²) < 4.78 is 66.6. The molecule has 1 aromatic heterocycles. The van der Waals surface area contributed by atoms with Crippen molar-refractivity contribution in [1.29, 1.82) is 0 Å². The standard InChI is InChI=1S/C22H20F3N3O3S/c23-22(24,25)18-5-1-2-6-20(18)32(30,31)28-12-9-15(10-13-28)21(29)27-17-7-8-19-16(14-17)4-3-11-26-19/h1-8,11,14-15H,9-10,12-13H2,(H,27,29). The smallest absolute Gasteiger partial charge is 0.326 e. The van der Waals surface area contributed by atoms with Crippen molar-refractivity contribution in [2.75, 3.05) is 18.4 Å². The fraction of sp³-hybridized carbons (Fsp3) is 0.273. The number of halogens is 3. The molecule has 2 heterocycles. The Hall–Kier alpha value is -2.98. The molecule has 0 saturated carbocycles. The minimum absolute atomic E-state index is 0.0335. The lowest BCUT2D eigenvalue weighted by Crippen LogP contribution is -2.41. The van der Waals surface area contributed by atoms with E-state index < -0.39 is 32.6 Å². The second-order valence-electron chi connectivity index (χ2n) is 7.57. The number of sulfonamides is 1. The van der Waals surface area contributed by atoms with Crippen LogP contribution in [0.1, 0.15) is 18.4 Å². The van der Waals surface area contributed by atoms with Crippen molar-refractivity contribution in [2.45, 2.75) is 23.9 Å². The molecule has 1 aliphatic heterocycles. The van der Waals surface area contributed by atoms with Crippen molar-refractivity contribution in [2.24, 2.45) is 5.92 Å². The van der Waals surface area contributed by atoms with E-state index in [4.69, 9.17) is 0 Å². The number of nitrogens with zero attached hydrogens (tertiary/aromatic N) is 2. The highest BCUT2D eigenvalue weighted by atomic mass is 32.2. The predicted molar refractivity (Wildman–Crippen MR) is 113 cm³/mol. The largest absolute Gasteiger partial charge is 0.417 e. The van der Waals surface area contributed by atoms with Crippen molar-refractivity contribution in [3.63, 3.8) is 0 Å². The van der Waals surface area contributed by atoms with Gasteiger partial charge in [-0.25, -0.2) is 8.42 Å². The van der Waals surface area contributed by atoms with E-state index in [0.717, 1.165) is 33.4 Å². The van der Waals surface area contributed by atoms with Crippen LogP contribution in [-0.4, -0.2) is 36.7 Å². The first-order chi connectivity index (χ1) is 15.2. The maximum Gasteiger partial charge on any atom is 0.417 e. The van der Waals surface area contributed by atoms with Gasteiger partial charge in [-0.05, 0) is 49.2 Å². The van der Waals surface area contributed by atoms with E-state index in [1.165, 1.54) is 6.07 Å². The summed E-state index contributed by atoms with van der Waals surface area (Å²) >= 11 is 0. The zero-order chi connectivity index (χ0) is 22.9. The molecule has 0 atom stereocenters. The van der Waals surface area contributed by atoms with Gasteiger partial charge in [-0.1, -0.05) is 18.2 Å². The van der Waals surface area contributed by atoms with Crippen LogP contribution in [0.3, 0.4) is 0 Å². The van der Waals surface area contributed by atoms with Crippen LogP contribution < -0.4 is 5.32 Å². The molecule has 1 N–H and O–H groups in total. The molecule has 168 valence electrons. The number of aromatic nitrogens is 1. The Bertz CT molecular complexity index is 1250. The van der Waals surface area contributed by atoms with Gasteiger partial charge in [0.15, 0.2) is 0 Å². The first-order valence-electron chi connectivity index (χ1n) is 9.98. The van der Waals surface area contributed by atoms with E-state index in [1.54, 1.807) is 30.5 Å². The molecule has 6 nitrogen and oxygen atoms in total. The maximum absolute atomic E-state index is 13.3. The average molecular weight is 463 g/mol. The predicted octanol–water partition coefficient (Wildman–Crippen LogP) is 4.29. The van der Waals surface area contributed by atoms with Crippen LogP contribution in [0, 0.1) is 5.92 Å². The van der Waals surface area contributed by atoms with Gasteiger partial charge in [0.2, 0.25) is 15.9 Å². The molecule has 3 aromatic rings. The van der Waals surface area contributed by atoms with Crippen molar-refractivity contribution < 1.29 is 26.4 Å². The number of pyridine rings is 1. The number of hydrogen-bond donors (Lipinski definition) is 1. The van der Waals surface area contributed by atoms with Gasteiger partial charge in [0.05, 0.1) is 16.0 Å². The van der Waals surface area contributed by atoms with Crippen LogP contribution in [0.5, 0.6) is 0 Å². The number of carbonyl (C=O) groups excluding carboxylic acids is 1. The Kier molecular flexibility index (Phi) is 5.91. The molecule has 10 heteroatoms. The number of hydrogen-bond acceptors (Lipinski definition) is 4. The lowest BCUT2D eigenvalue weighted by Gasteiger charge is -2.31. The fourth-order valence-electron chi connectivity index (χ4n) is 3.82. The normalized spacial score (nSPS) is 16.2. The van der Waals surface area contributed by atoms with Crippen molar-refractivity contribution in [3.8, 4) is 0 Å². The van der Waals surface area contributed by atoms with Crippen LogP contribution in [0.25, 0.3) is 10.9 Å². The summed E-state index contributed by atoms with van der Waals surface area (Å²) in [4.78, 5) is 16.1. The summed E-state index contributed by atoms with van der Waals surface area (Å²) in [5.74, 6) is -0.690. The van der Waals surface area contributed by atoms with Crippen molar-refractivity contribution in [1.82, 2.24) is 9.29 Å². The van der Waals surface area contributed by atoms with Gasteiger partial charge in [0.1, 0.15) is 0 Å². The molecule has 1 aliphatic rings. The minimum Gasteiger partial charge on any atom is -0.326 e. The van der Waals surface area contributed by atoms with Crippen molar-refractivity contribution >= 4 is 32.5 Å². The third-order valence-electron chi connectivity index (χ3n) is 5.51. The fourth-order valence-corrected chi connectivity index (χ4v) is 5.50. The van der Waals surface area contributed by atoms with Crippen LogP contribution in [0.15, 0.2) is 65.7 Å². The number of alkyl halides is 3. The summed E-state index contributed by atoms with van der Waals surface area (Å²) in [6, 6.07) is 13.1. The maximum atomic E-state index is 13.3. The summed E-state index contributed by atoms with van der Waals surface area (Å²) in [5.41, 5.74) is 0.207. The van der Waals surface area contributed by atoms with E-state index in [1.807, 2.05) is 6.07 Å². The number of benzene rings is 2. The summed E-state index contributed by atoms with van der Waals surface area (Å²) in [6.45, 7) is -0.0670. The first-order valence-corrected chi connectivity index (χ1v) is 11.4. The third-order valence-corrected chi connectivity index (χ3v) is 7.46. The van der Waals surface area contributed by atoms with E-state index in [0.29, 0.717) is 5.69 Å². The SMILES string of the molecule is O=C(Nc1ccc2ncccc2c1)C1CCN(S(=O)(=O)c2ccccc2C(F)(F)F)CC1. The molecule has 1 amide bonds. The zero-order valence-corrected chi connectivity index (χ0v) is 17.7. The number of amides is 1. The molecule has 0 unspecified atom stereocenters. The second kappa shape index (κ2) is 8.51. The molecule has 1 saturated heterocycles. The number of fused-ring (bicyclic) bond motifs is 1. The molecule has 1 fully saturated rings. The van der Waals surface area contributed by atoms with Crippen LogP contribution >= 0.6 is 0 Å². The van der Waals surface area contributed by atoms with Gasteiger partial charge in [0, 0.05) is 36.3 Å². The van der Waals surface area contributed by atoms with Gasteiger partial charge in [0.25, 0.3) is 0 Å². The van der Waals surface area contributed by atoms with E-state index in [2.05, 4.69) is 10.3 Å². The molecule has 0 bridgehead atoms. The van der Waals surface area contributed by atoms with Gasteiger partial charge in [-0.2, -0.15) is 17.5 Å². The molecule has 4 rings (SSSR count). The molecule has 0 aliphatic carbocycles. The quantitative estimate of drug-likeness (QED) is 0.626. The number of nitrogens with one attached hydrogen (secondary N) is 1. The number of anilines is 1. The summed E-state index contributed by atoms with van der Waals surface area (Å²) in [6.07, 6.45) is -2.67. The number of piperidine rings is 1. The Labute approximate surface area is 183 Å². The van der Waals surface area contributed by atoms with E-state index in [9.17, 15) is 26.4 Å². The Balaban J connectivity index is 1.44. The monoisotopic (exact) mass is 463 g/mol. The molecular formula is C22H20F3N3O3S. The first kappa shape index (κ1) is 22.2. The van der Waals surface area contributed by atoms with E-state index in [-0.39, 0.29) is 31.8 Å². The lowest BCUT2D eigenvalue weighted by molar-refractivity contribution is -0.139. The third kappa shape index (κ3) is 4.46. The van der Waals surface area contributed by atoms with Gasteiger partial charge >= 0.3 is 6.18 Å². The number of carbonyl (C=O) groups is 1. The Morgan fingerprint density at radius 1 is 1.03 bits per heavy atom. The van der Waals surface area contributed by atoms with Gasteiger partial charge in [-0.3, -0.25) is 9.78 Å². The lowest BCUT2D eigenvalue weighted by atomic mass is 9.97. The molecule has 2 aromatic carbocycles. The highest BCUT2D eigenvalue weighted by Crippen LogP contribution is 2.36. The zero-order valence-electron chi connectivity index (χ0n) is 16.8. The molecular weight excluding hydrogens is 443 g/mol. The molecule has 0 radical (unpaired) electrons. The van der Waals surface area contributed by atoms with Crippen LogP contribution in [0.4, 0.5) is 18.9 Å². The van der Waals surface area contributed by atoms with Crippen LogP contribution in [0.2, 0.25) is 0 Å². The average Bonchev–Trinajstić information content (AvgIpc) is 2.78. The molecule has 32 heavy (non-hydrogen) atoms. The Morgan fingerprint density at radius 3 is 2.47 bits per heavy atom. The number of rotatable bonds is 4. The summed E-state index contributed by atoms with van der Waals surface area (Å²) in [5, 5.41) is 3.70. The van der Waals surface area contributed by atoms with Gasteiger partial charge in [-0.15, -0.1) is 0 Å². The topological polar surface area (TPSA) is 79.4 Å². The highest BCUT2D eigenvalue weighted by molar-refractivity contribution is 7.89. The highest BCUT2D eigenvalue weighted by Gasteiger charge is 2.40. The van der Waals surface area contributed by atoms with E-state index >= 15 is 0 Å². The Morgan fingerprint density at radius 2 is 1.75 bits per heavy atom. The van der Waals surface area contributed by atoms with Crippen LogP contribution in [-0.2, 0) is 21.0 Å². The van der Waals surface area contributed by atoms with Gasteiger partial charge < -0.3 is 5.32 Å². The minimum atomic E-state index is -4.78. The summed E-state index contributed by atoms with van der Waals surface area (Å²) in [7, 11) is -4.33. The molecule has 0 spiro atoms. The second-order valence-corrected chi connectivity index (χ2v) is 9.48.